The Bertz CT molecular complexity index is 502. The van der Waals surface area contributed by atoms with Gasteiger partial charge in [-0.25, -0.2) is 13.1 Å². The monoisotopic (exact) mass is 278 g/mol. The fourth-order valence-corrected chi connectivity index (χ4v) is 2.89. The molecular weight excluding hydrogens is 268 g/mol. The minimum atomic E-state index is -3.68. The average molecular weight is 279 g/mol. The molecule has 1 unspecified atom stereocenters. The van der Waals surface area contributed by atoms with Crippen LogP contribution in [0.15, 0.2) is 29.2 Å². The molecule has 0 spiro atoms. The number of nitrogens with two attached hydrogens (primary N) is 1. The number of sulfonamides is 1. The summed E-state index contributed by atoms with van der Waals surface area (Å²) in [5.74, 6) is 0. The maximum Gasteiger partial charge on any atom is 0.242 e. The standard InChI is InChI=1S/C9H11ClN2O2S2/c1-6(9(11)15)12-16(13,14)8-5-3-2-4-7(8)10/h2-6,12H,1H3,(H2,11,15). The van der Waals surface area contributed by atoms with Crippen LogP contribution in [0.2, 0.25) is 5.02 Å². The minimum absolute atomic E-state index is 0.0137. The zero-order chi connectivity index (χ0) is 12.3. The van der Waals surface area contributed by atoms with Crippen LogP contribution in [-0.2, 0) is 10.0 Å². The van der Waals surface area contributed by atoms with Crippen molar-refractivity contribution in [1.82, 2.24) is 4.72 Å². The Morgan fingerprint density at radius 2 is 2.06 bits per heavy atom. The second kappa shape index (κ2) is 5.09. The summed E-state index contributed by atoms with van der Waals surface area (Å²) >= 11 is 10.5. The van der Waals surface area contributed by atoms with Crippen LogP contribution in [0.25, 0.3) is 0 Å². The molecule has 16 heavy (non-hydrogen) atoms. The van der Waals surface area contributed by atoms with Crippen LogP contribution >= 0.6 is 23.8 Å². The van der Waals surface area contributed by atoms with Crippen LogP contribution in [0.4, 0.5) is 0 Å². The molecule has 0 heterocycles. The molecule has 1 aromatic carbocycles. The molecule has 1 aromatic rings. The Kier molecular flexibility index (Phi) is 4.26. The Balaban J connectivity index is 3.04. The van der Waals surface area contributed by atoms with E-state index in [9.17, 15) is 8.42 Å². The number of thiocarbonyl (C=S) groups is 1. The summed E-state index contributed by atoms with van der Waals surface area (Å²) in [5, 5.41) is 0.158. The quantitative estimate of drug-likeness (QED) is 0.814. The SMILES string of the molecule is CC(NS(=O)(=O)c1ccccc1Cl)C(N)=S. The second-order valence-electron chi connectivity index (χ2n) is 3.18. The predicted molar refractivity (Wildman–Crippen MR) is 68.0 cm³/mol. The lowest BCUT2D eigenvalue weighted by atomic mass is 10.4. The van der Waals surface area contributed by atoms with Crippen LogP contribution in [-0.4, -0.2) is 19.4 Å². The number of benzene rings is 1. The van der Waals surface area contributed by atoms with E-state index in [4.69, 9.17) is 17.3 Å². The Morgan fingerprint density at radius 3 is 2.56 bits per heavy atom. The van der Waals surface area contributed by atoms with E-state index in [0.29, 0.717) is 0 Å². The molecule has 0 saturated heterocycles. The molecule has 0 aromatic heterocycles. The lowest BCUT2D eigenvalue weighted by Crippen LogP contribution is -2.41. The molecule has 3 N–H and O–H groups in total. The largest absolute Gasteiger partial charge is 0.392 e. The molecule has 88 valence electrons. The second-order valence-corrected chi connectivity index (χ2v) is 5.74. The van der Waals surface area contributed by atoms with Crippen LogP contribution in [0.3, 0.4) is 0 Å². The van der Waals surface area contributed by atoms with Crippen molar-refractivity contribution in [2.75, 3.05) is 0 Å². The van der Waals surface area contributed by atoms with Crippen molar-refractivity contribution in [3.63, 3.8) is 0 Å². The Labute approximate surface area is 105 Å². The summed E-state index contributed by atoms with van der Waals surface area (Å²) in [6.45, 7) is 1.57. The zero-order valence-electron chi connectivity index (χ0n) is 8.48. The van der Waals surface area contributed by atoms with Crippen molar-refractivity contribution in [3.05, 3.63) is 29.3 Å². The molecule has 0 amide bonds. The van der Waals surface area contributed by atoms with Gasteiger partial charge in [-0.05, 0) is 19.1 Å². The van der Waals surface area contributed by atoms with Gasteiger partial charge in [0.2, 0.25) is 10.0 Å². The van der Waals surface area contributed by atoms with E-state index in [0.717, 1.165) is 0 Å². The summed E-state index contributed by atoms with van der Waals surface area (Å²) in [7, 11) is -3.68. The molecule has 7 heteroatoms. The van der Waals surface area contributed by atoms with E-state index >= 15 is 0 Å². The summed E-state index contributed by atoms with van der Waals surface area (Å²) in [4.78, 5) is 0.0930. The Hall–Kier alpha value is -0.690. The minimum Gasteiger partial charge on any atom is -0.392 e. The first-order valence-electron chi connectivity index (χ1n) is 4.41. The normalized spacial score (nSPS) is 13.4. The zero-order valence-corrected chi connectivity index (χ0v) is 10.9. The van der Waals surface area contributed by atoms with Gasteiger partial charge in [0.1, 0.15) is 4.90 Å². The van der Waals surface area contributed by atoms with Gasteiger partial charge in [0.15, 0.2) is 0 Å². The van der Waals surface area contributed by atoms with Gasteiger partial charge in [-0.1, -0.05) is 36.0 Å². The fourth-order valence-electron chi connectivity index (χ4n) is 1.02. The molecule has 1 atom stereocenters. The van der Waals surface area contributed by atoms with Gasteiger partial charge >= 0.3 is 0 Å². The lowest BCUT2D eigenvalue weighted by Gasteiger charge is -2.13. The highest BCUT2D eigenvalue weighted by Crippen LogP contribution is 2.20. The van der Waals surface area contributed by atoms with E-state index in [-0.39, 0.29) is 14.9 Å². The first-order valence-corrected chi connectivity index (χ1v) is 6.67. The van der Waals surface area contributed by atoms with Gasteiger partial charge in [-0.15, -0.1) is 0 Å². The van der Waals surface area contributed by atoms with E-state index in [2.05, 4.69) is 16.9 Å². The lowest BCUT2D eigenvalue weighted by molar-refractivity contribution is 0.579. The molecule has 0 fully saturated rings. The molecule has 0 aliphatic rings. The highest BCUT2D eigenvalue weighted by Gasteiger charge is 2.20. The van der Waals surface area contributed by atoms with Gasteiger partial charge < -0.3 is 5.73 Å². The topological polar surface area (TPSA) is 72.2 Å². The first-order chi connectivity index (χ1) is 7.34. The van der Waals surface area contributed by atoms with Crippen molar-refractivity contribution in [2.45, 2.75) is 17.9 Å². The number of nitrogens with one attached hydrogen (secondary N) is 1. The smallest absolute Gasteiger partial charge is 0.242 e. The van der Waals surface area contributed by atoms with Gasteiger partial charge in [-0.2, -0.15) is 0 Å². The maximum atomic E-state index is 11.9. The maximum absolute atomic E-state index is 11.9. The van der Waals surface area contributed by atoms with E-state index in [1.807, 2.05) is 0 Å². The molecule has 0 aliphatic heterocycles. The number of hydrogen-bond donors (Lipinski definition) is 2. The summed E-state index contributed by atoms with van der Waals surface area (Å²) in [6.07, 6.45) is 0. The third-order valence-corrected chi connectivity index (χ3v) is 4.28. The van der Waals surface area contributed by atoms with Gasteiger partial charge in [0.05, 0.1) is 16.1 Å². The highest BCUT2D eigenvalue weighted by atomic mass is 35.5. The summed E-state index contributed by atoms with van der Waals surface area (Å²) < 4.78 is 26.0. The van der Waals surface area contributed by atoms with E-state index in [1.54, 1.807) is 19.1 Å². The van der Waals surface area contributed by atoms with Crippen molar-refractivity contribution >= 4 is 38.8 Å². The highest BCUT2D eigenvalue weighted by molar-refractivity contribution is 7.89. The molecule has 0 radical (unpaired) electrons. The molecule has 1 rings (SSSR count). The van der Waals surface area contributed by atoms with Crippen LogP contribution in [0.5, 0.6) is 0 Å². The molecule has 0 aliphatic carbocycles. The third kappa shape index (κ3) is 3.15. The number of rotatable bonds is 4. The first kappa shape index (κ1) is 13.4. The van der Waals surface area contributed by atoms with Crippen LogP contribution in [0.1, 0.15) is 6.92 Å². The summed E-state index contributed by atoms with van der Waals surface area (Å²) in [6, 6.07) is 5.54. The predicted octanol–water partition coefficient (Wildman–Crippen LogP) is 1.29. The third-order valence-electron chi connectivity index (χ3n) is 1.88. The van der Waals surface area contributed by atoms with Crippen molar-refractivity contribution in [2.24, 2.45) is 5.73 Å². The van der Waals surface area contributed by atoms with Gasteiger partial charge in [-0.3, -0.25) is 0 Å². The van der Waals surface area contributed by atoms with Crippen LogP contribution in [0, 0.1) is 0 Å². The molecular formula is C9H11ClN2O2S2. The van der Waals surface area contributed by atoms with Gasteiger partial charge in [0, 0.05) is 0 Å². The van der Waals surface area contributed by atoms with E-state index < -0.39 is 16.1 Å². The van der Waals surface area contributed by atoms with Crippen LogP contribution < -0.4 is 10.5 Å². The number of halogens is 1. The van der Waals surface area contributed by atoms with Crippen molar-refractivity contribution in [1.29, 1.82) is 0 Å². The summed E-state index contributed by atoms with van der Waals surface area (Å²) in [5.41, 5.74) is 5.33. The van der Waals surface area contributed by atoms with Gasteiger partial charge in [0.25, 0.3) is 0 Å². The molecule has 0 saturated carbocycles. The molecule has 0 bridgehead atoms. The fraction of sp³-hybridized carbons (Fsp3) is 0.222. The average Bonchev–Trinajstić information content (AvgIpc) is 2.17. The van der Waals surface area contributed by atoms with Crippen molar-refractivity contribution in [3.8, 4) is 0 Å². The molecule has 4 nitrogen and oxygen atoms in total. The van der Waals surface area contributed by atoms with Crippen molar-refractivity contribution < 1.29 is 8.42 Å². The number of hydrogen-bond acceptors (Lipinski definition) is 3. The Morgan fingerprint density at radius 1 is 1.50 bits per heavy atom. The van der Waals surface area contributed by atoms with E-state index in [1.165, 1.54) is 12.1 Å².